The van der Waals surface area contributed by atoms with Crippen LogP contribution in [0.1, 0.15) is 50.7 Å². The molecule has 2 heterocycles. The summed E-state index contributed by atoms with van der Waals surface area (Å²) in [5, 5.41) is 3.87. The van der Waals surface area contributed by atoms with Crippen molar-refractivity contribution in [3.8, 4) is 0 Å². The molecule has 1 saturated carbocycles. The standard InChI is InChI=1S/C17H26N4O3/c1-3-20(11-15-18-12(2)24-19-15)16(22)14-7-9-21(10-8-14)17(23)13-5-4-6-13/h13-14H,3-11H2,1-2H3. The molecule has 0 radical (unpaired) electrons. The van der Waals surface area contributed by atoms with Crippen LogP contribution in [0.15, 0.2) is 4.52 Å². The van der Waals surface area contributed by atoms with Crippen LogP contribution in [0.2, 0.25) is 0 Å². The molecule has 7 heteroatoms. The first kappa shape index (κ1) is 16.9. The first-order chi connectivity index (χ1) is 11.6. The highest BCUT2D eigenvalue weighted by Gasteiger charge is 2.34. The molecule has 0 unspecified atom stereocenters. The van der Waals surface area contributed by atoms with E-state index in [4.69, 9.17) is 4.52 Å². The quantitative estimate of drug-likeness (QED) is 0.820. The molecular weight excluding hydrogens is 308 g/mol. The third kappa shape index (κ3) is 3.60. The van der Waals surface area contributed by atoms with Gasteiger partial charge in [-0.3, -0.25) is 9.59 Å². The minimum absolute atomic E-state index is 0.0108. The van der Waals surface area contributed by atoms with E-state index in [1.807, 2.05) is 11.8 Å². The molecule has 2 amide bonds. The Morgan fingerprint density at radius 1 is 1.21 bits per heavy atom. The number of carbonyl (C=O) groups is 2. The number of nitrogens with zero attached hydrogens (tertiary/aromatic N) is 4. The Labute approximate surface area is 142 Å². The Morgan fingerprint density at radius 2 is 1.92 bits per heavy atom. The van der Waals surface area contributed by atoms with Gasteiger partial charge in [-0.25, -0.2) is 0 Å². The van der Waals surface area contributed by atoms with Gasteiger partial charge in [0.05, 0.1) is 6.54 Å². The highest BCUT2D eigenvalue weighted by molar-refractivity contribution is 5.81. The zero-order valence-corrected chi connectivity index (χ0v) is 14.5. The molecule has 7 nitrogen and oxygen atoms in total. The number of likely N-dealkylation sites (tertiary alicyclic amines) is 1. The van der Waals surface area contributed by atoms with Crippen molar-refractivity contribution in [1.29, 1.82) is 0 Å². The molecule has 2 fully saturated rings. The second-order valence-electron chi connectivity index (χ2n) is 6.81. The molecule has 1 aromatic rings. The molecule has 0 aromatic carbocycles. The van der Waals surface area contributed by atoms with Crippen molar-refractivity contribution in [2.24, 2.45) is 11.8 Å². The van der Waals surface area contributed by atoms with Gasteiger partial charge in [0, 0.05) is 38.4 Å². The van der Waals surface area contributed by atoms with E-state index in [-0.39, 0.29) is 17.7 Å². The van der Waals surface area contributed by atoms with Gasteiger partial charge in [-0.2, -0.15) is 4.98 Å². The van der Waals surface area contributed by atoms with Gasteiger partial charge >= 0.3 is 0 Å². The molecule has 132 valence electrons. The first-order valence-corrected chi connectivity index (χ1v) is 8.95. The molecule has 1 aromatic heterocycles. The third-order valence-corrected chi connectivity index (χ3v) is 5.21. The van der Waals surface area contributed by atoms with Crippen LogP contribution in [0.5, 0.6) is 0 Å². The number of aromatic nitrogens is 2. The fourth-order valence-corrected chi connectivity index (χ4v) is 3.44. The summed E-state index contributed by atoms with van der Waals surface area (Å²) in [6.07, 6.45) is 4.74. The molecule has 1 aliphatic carbocycles. The van der Waals surface area contributed by atoms with Gasteiger partial charge in [-0.1, -0.05) is 11.6 Å². The monoisotopic (exact) mass is 334 g/mol. The molecule has 0 atom stereocenters. The van der Waals surface area contributed by atoms with Crippen molar-refractivity contribution in [3.05, 3.63) is 11.7 Å². The van der Waals surface area contributed by atoms with E-state index in [1.54, 1.807) is 11.8 Å². The van der Waals surface area contributed by atoms with Gasteiger partial charge in [0.1, 0.15) is 0 Å². The molecule has 0 bridgehead atoms. The van der Waals surface area contributed by atoms with Crippen molar-refractivity contribution in [2.75, 3.05) is 19.6 Å². The smallest absolute Gasteiger partial charge is 0.226 e. The van der Waals surface area contributed by atoms with E-state index in [0.29, 0.717) is 43.8 Å². The number of hydrogen-bond acceptors (Lipinski definition) is 5. The average Bonchev–Trinajstić information content (AvgIpc) is 2.95. The lowest BCUT2D eigenvalue weighted by Crippen LogP contribution is -2.46. The van der Waals surface area contributed by atoms with Crippen LogP contribution < -0.4 is 0 Å². The van der Waals surface area contributed by atoms with Crippen LogP contribution in [0.4, 0.5) is 0 Å². The second kappa shape index (κ2) is 7.32. The van der Waals surface area contributed by atoms with E-state index >= 15 is 0 Å². The van der Waals surface area contributed by atoms with E-state index in [0.717, 1.165) is 25.7 Å². The maximum absolute atomic E-state index is 12.8. The largest absolute Gasteiger partial charge is 0.342 e. The van der Waals surface area contributed by atoms with E-state index in [9.17, 15) is 9.59 Å². The molecule has 1 aliphatic heterocycles. The lowest BCUT2D eigenvalue weighted by atomic mass is 9.83. The molecule has 0 spiro atoms. The van der Waals surface area contributed by atoms with E-state index in [2.05, 4.69) is 10.1 Å². The van der Waals surface area contributed by atoms with Gasteiger partial charge in [0.2, 0.25) is 17.7 Å². The summed E-state index contributed by atoms with van der Waals surface area (Å²) in [4.78, 5) is 32.9. The van der Waals surface area contributed by atoms with E-state index < -0.39 is 0 Å². The maximum atomic E-state index is 12.8. The van der Waals surface area contributed by atoms with Crippen molar-refractivity contribution < 1.29 is 14.1 Å². The summed E-state index contributed by atoms with van der Waals surface area (Å²) in [5.74, 6) is 1.71. The lowest BCUT2D eigenvalue weighted by molar-refractivity contribution is -0.144. The first-order valence-electron chi connectivity index (χ1n) is 8.95. The van der Waals surface area contributed by atoms with Gasteiger partial charge in [0.15, 0.2) is 5.82 Å². The Kier molecular flexibility index (Phi) is 5.16. The molecule has 0 N–H and O–H groups in total. The maximum Gasteiger partial charge on any atom is 0.226 e. The van der Waals surface area contributed by atoms with Crippen LogP contribution in [-0.2, 0) is 16.1 Å². The van der Waals surface area contributed by atoms with Crippen molar-refractivity contribution in [2.45, 2.75) is 52.5 Å². The zero-order valence-electron chi connectivity index (χ0n) is 14.5. The summed E-state index contributed by atoms with van der Waals surface area (Å²) in [6, 6.07) is 0. The summed E-state index contributed by atoms with van der Waals surface area (Å²) in [7, 11) is 0. The number of piperidine rings is 1. The molecule has 24 heavy (non-hydrogen) atoms. The van der Waals surface area contributed by atoms with E-state index in [1.165, 1.54) is 6.42 Å². The Balaban J connectivity index is 1.52. The fourth-order valence-electron chi connectivity index (χ4n) is 3.44. The van der Waals surface area contributed by atoms with Crippen molar-refractivity contribution in [3.63, 3.8) is 0 Å². The van der Waals surface area contributed by atoms with Gasteiger partial charge < -0.3 is 14.3 Å². The minimum Gasteiger partial charge on any atom is -0.342 e. The molecule has 1 saturated heterocycles. The molecule has 3 rings (SSSR count). The average molecular weight is 334 g/mol. The molecule has 2 aliphatic rings. The van der Waals surface area contributed by atoms with Crippen molar-refractivity contribution >= 4 is 11.8 Å². The van der Waals surface area contributed by atoms with Gasteiger partial charge in [-0.15, -0.1) is 0 Å². The lowest BCUT2D eigenvalue weighted by Gasteiger charge is -2.37. The minimum atomic E-state index is -0.0108. The number of aryl methyl sites for hydroxylation is 1. The highest BCUT2D eigenvalue weighted by Crippen LogP contribution is 2.30. The van der Waals surface area contributed by atoms with Crippen molar-refractivity contribution in [1.82, 2.24) is 19.9 Å². The predicted molar refractivity (Wildman–Crippen MR) is 86.8 cm³/mol. The topological polar surface area (TPSA) is 79.5 Å². The number of hydrogen-bond donors (Lipinski definition) is 0. The Morgan fingerprint density at radius 3 is 2.42 bits per heavy atom. The van der Waals surface area contributed by atoms with Crippen LogP contribution in [0.3, 0.4) is 0 Å². The fraction of sp³-hybridized carbons (Fsp3) is 0.765. The SMILES string of the molecule is CCN(Cc1noc(C)n1)C(=O)C1CCN(C(=O)C2CCC2)CC1. The summed E-state index contributed by atoms with van der Waals surface area (Å²) < 4.78 is 4.97. The number of rotatable bonds is 5. The third-order valence-electron chi connectivity index (χ3n) is 5.21. The summed E-state index contributed by atoms with van der Waals surface area (Å²) in [5.41, 5.74) is 0. The van der Waals surface area contributed by atoms with Gasteiger partial charge in [-0.05, 0) is 32.6 Å². The number of amides is 2. The van der Waals surface area contributed by atoms with Crippen LogP contribution in [0.25, 0.3) is 0 Å². The summed E-state index contributed by atoms with van der Waals surface area (Å²) in [6.45, 7) is 6.10. The highest BCUT2D eigenvalue weighted by atomic mass is 16.5. The normalized spacial score (nSPS) is 19.2. The van der Waals surface area contributed by atoms with Crippen LogP contribution >= 0.6 is 0 Å². The zero-order chi connectivity index (χ0) is 17.1. The van der Waals surface area contributed by atoms with Crippen LogP contribution in [0, 0.1) is 18.8 Å². The Hall–Kier alpha value is -1.92. The predicted octanol–water partition coefficient (Wildman–Crippen LogP) is 1.77. The second-order valence-corrected chi connectivity index (χ2v) is 6.81. The summed E-state index contributed by atoms with van der Waals surface area (Å²) >= 11 is 0. The number of carbonyl (C=O) groups excluding carboxylic acids is 2. The molecular formula is C17H26N4O3. The Bertz CT molecular complexity index is 588. The van der Waals surface area contributed by atoms with Gasteiger partial charge in [0.25, 0.3) is 0 Å². The van der Waals surface area contributed by atoms with Crippen LogP contribution in [-0.4, -0.2) is 51.4 Å².